The fourth-order valence-electron chi connectivity index (χ4n) is 3.16. The Morgan fingerprint density at radius 1 is 1.28 bits per heavy atom. The molecule has 2 aromatic carbocycles. The summed E-state index contributed by atoms with van der Waals surface area (Å²) in [7, 11) is 1.45. The van der Waals surface area contributed by atoms with E-state index in [2.05, 4.69) is 15.6 Å². The second-order valence-corrected chi connectivity index (χ2v) is 7.31. The van der Waals surface area contributed by atoms with Crippen LogP contribution in [0.5, 0.6) is 5.75 Å². The number of oxazole rings is 1. The summed E-state index contributed by atoms with van der Waals surface area (Å²) in [6, 6.07) is 11.4. The van der Waals surface area contributed by atoms with Crippen molar-refractivity contribution in [3.05, 3.63) is 65.1 Å². The molecule has 3 aromatic rings. The molecule has 0 spiro atoms. The van der Waals surface area contributed by atoms with Crippen LogP contribution < -0.4 is 21.1 Å². The lowest BCUT2D eigenvalue weighted by Crippen LogP contribution is -2.30. The van der Waals surface area contributed by atoms with Crippen LogP contribution in [-0.4, -0.2) is 35.7 Å². The third kappa shape index (κ3) is 5.70. The van der Waals surface area contributed by atoms with E-state index < -0.39 is 18.0 Å². The highest BCUT2D eigenvalue weighted by Gasteiger charge is 2.24. The van der Waals surface area contributed by atoms with Gasteiger partial charge in [-0.15, -0.1) is 0 Å². The summed E-state index contributed by atoms with van der Waals surface area (Å²) in [6.07, 6.45) is 1.24. The van der Waals surface area contributed by atoms with Crippen molar-refractivity contribution in [1.29, 1.82) is 0 Å². The lowest BCUT2D eigenvalue weighted by atomic mass is 10.1. The molecule has 0 saturated carbocycles. The Kier molecular flexibility index (Phi) is 7.56. The van der Waals surface area contributed by atoms with Gasteiger partial charge in [-0.1, -0.05) is 29.8 Å². The Bertz CT molecular complexity index is 1100. The number of anilines is 1. The first-order chi connectivity index (χ1) is 15.4. The first kappa shape index (κ1) is 23.0. The van der Waals surface area contributed by atoms with Crippen LogP contribution in [0.2, 0.25) is 5.02 Å². The molecule has 2 amide bonds. The Balaban J connectivity index is 1.84. The fraction of sp³-hybridized carbons (Fsp3) is 0.227. The number of aromatic nitrogens is 1. The molecule has 0 aliphatic heterocycles. The number of hydrogen-bond acceptors (Lipinski definition) is 6. The number of nitrogens with one attached hydrogen (secondary N) is 2. The zero-order valence-corrected chi connectivity index (χ0v) is 18.1. The van der Waals surface area contributed by atoms with Crippen molar-refractivity contribution in [2.24, 2.45) is 0 Å². The highest BCUT2D eigenvalue weighted by Crippen LogP contribution is 2.29. The van der Waals surface area contributed by atoms with Crippen molar-refractivity contribution >= 4 is 29.3 Å². The molecule has 1 heterocycles. The number of amides is 2. The SMILES string of the molecule is COc1cccc(Cl)c1C(=O)NC(CCCNC(=O)O)c1ncc(-c2cccc(N)c2)o1. The molecule has 1 aromatic heterocycles. The van der Waals surface area contributed by atoms with Gasteiger partial charge in [0.25, 0.3) is 5.91 Å². The molecule has 10 heteroatoms. The normalized spacial score (nSPS) is 11.6. The molecule has 0 fully saturated rings. The third-order valence-corrected chi connectivity index (χ3v) is 4.98. The number of nitrogen functional groups attached to an aromatic ring is 1. The van der Waals surface area contributed by atoms with Crippen LogP contribution in [0, 0.1) is 0 Å². The first-order valence-corrected chi connectivity index (χ1v) is 10.2. The summed E-state index contributed by atoms with van der Waals surface area (Å²) in [5.41, 5.74) is 7.35. The van der Waals surface area contributed by atoms with Crippen LogP contribution >= 0.6 is 11.6 Å². The number of methoxy groups -OCH3 is 1. The van der Waals surface area contributed by atoms with Crippen LogP contribution in [0.15, 0.2) is 53.1 Å². The van der Waals surface area contributed by atoms with E-state index in [9.17, 15) is 9.59 Å². The minimum atomic E-state index is -1.12. The number of nitrogens with two attached hydrogens (primary N) is 1. The molecule has 1 unspecified atom stereocenters. The number of rotatable bonds is 9. The summed E-state index contributed by atoms with van der Waals surface area (Å²) in [4.78, 5) is 28.1. The van der Waals surface area contributed by atoms with Crippen molar-refractivity contribution < 1.29 is 23.8 Å². The minimum Gasteiger partial charge on any atom is -0.496 e. The topological polar surface area (TPSA) is 140 Å². The smallest absolute Gasteiger partial charge is 0.404 e. The van der Waals surface area contributed by atoms with E-state index in [1.165, 1.54) is 7.11 Å². The number of carbonyl (C=O) groups is 2. The van der Waals surface area contributed by atoms with E-state index in [0.29, 0.717) is 30.0 Å². The number of halogens is 1. The van der Waals surface area contributed by atoms with Crippen molar-refractivity contribution in [3.63, 3.8) is 0 Å². The molecule has 0 radical (unpaired) electrons. The molecule has 0 aliphatic carbocycles. The Morgan fingerprint density at radius 3 is 2.78 bits per heavy atom. The summed E-state index contributed by atoms with van der Waals surface area (Å²) >= 11 is 6.23. The Labute approximate surface area is 189 Å². The van der Waals surface area contributed by atoms with Gasteiger partial charge in [-0.3, -0.25) is 4.79 Å². The van der Waals surface area contributed by atoms with Gasteiger partial charge in [0, 0.05) is 17.8 Å². The van der Waals surface area contributed by atoms with Crippen LogP contribution in [0.3, 0.4) is 0 Å². The van der Waals surface area contributed by atoms with Crippen LogP contribution in [0.4, 0.5) is 10.5 Å². The van der Waals surface area contributed by atoms with E-state index in [0.717, 1.165) is 5.56 Å². The summed E-state index contributed by atoms with van der Waals surface area (Å²) < 4.78 is 11.2. The van der Waals surface area contributed by atoms with Gasteiger partial charge >= 0.3 is 6.09 Å². The van der Waals surface area contributed by atoms with Gasteiger partial charge in [0.15, 0.2) is 5.76 Å². The zero-order valence-electron chi connectivity index (χ0n) is 17.3. The molecule has 168 valence electrons. The number of ether oxygens (including phenoxy) is 1. The number of carboxylic acid groups (broad SMARTS) is 1. The lowest BCUT2D eigenvalue weighted by molar-refractivity contribution is 0.0924. The molecule has 5 N–H and O–H groups in total. The molecule has 3 rings (SSSR count). The van der Waals surface area contributed by atoms with E-state index in [1.54, 1.807) is 42.6 Å². The van der Waals surface area contributed by atoms with Crippen LogP contribution in [0.1, 0.15) is 35.1 Å². The van der Waals surface area contributed by atoms with Gasteiger partial charge < -0.3 is 30.6 Å². The lowest BCUT2D eigenvalue weighted by Gasteiger charge is -2.17. The number of hydrogen-bond donors (Lipinski definition) is 4. The molecule has 0 saturated heterocycles. The monoisotopic (exact) mass is 458 g/mol. The number of carbonyl (C=O) groups excluding carboxylic acids is 1. The van der Waals surface area contributed by atoms with Gasteiger partial charge in [0.1, 0.15) is 11.8 Å². The second-order valence-electron chi connectivity index (χ2n) is 6.91. The van der Waals surface area contributed by atoms with Crippen LogP contribution in [0.25, 0.3) is 11.3 Å². The van der Waals surface area contributed by atoms with E-state index >= 15 is 0 Å². The fourth-order valence-corrected chi connectivity index (χ4v) is 3.41. The molecular weight excluding hydrogens is 436 g/mol. The van der Waals surface area contributed by atoms with Gasteiger partial charge in [-0.2, -0.15) is 0 Å². The average molecular weight is 459 g/mol. The average Bonchev–Trinajstić information content (AvgIpc) is 3.25. The first-order valence-electron chi connectivity index (χ1n) is 9.81. The summed E-state index contributed by atoms with van der Waals surface area (Å²) in [5.74, 6) is 0.629. The molecule has 9 nitrogen and oxygen atoms in total. The second kappa shape index (κ2) is 10.5. The predicted molar refractivity (Wildman–Crippen MR) is 120 cm³/mol. The minimum absolute atomic E-state index is 0.188. The summed E-state index contributed by atoms with van der Waals surface area (Å²) in [5, 5.41) is 14.2. The van der Waals surface area contributed by atoms with Gasteiger partial charge in [-0.05, 0) is 37.1 Å². The number of benzene rings is 2. The maximum absolute atomic E-state index is 13.0. The maximum atomic E-state index is 13.0. The molecule has 0 bridgehead atoms. The van der Waals surface area contributed by atoms with E-state index in [4.69, 9.17) is 31.6 Å². The summed E-state index contributed by atoms with van der Waals surface area (Å²) in [6.45, 7) is 0.208. The maximum Gasteiger partial charge on any atom is 0.404 e. The van der Waals surface area contributed by atoms with Crippen molar-refractivity contribution in [2.75, 3.05) is 19.4 Å². The molecule has 0 aliphatic rings. The molecular formula is C22H23ClN4O5. The largest absolute Gasteiger partial charge is 0.496 e. The third-order valence-electron chi connectivity index (χ3n) is 4.67. The zero-order chi connectivity index (χ0) is 23.1. The standard InChI is InChI=1S/C22H23ClN4O5/c1-31-17-9-3-7-15(23)19(17)20(28)27-16(8-4-10-25-22(29)30)21-26-12-18(32-21)13-5-2-6-14(24)11-13/h2-3,5-7,9,11-12,16,25H,4,8,10,24H2,1H3,(H,27,28)(H,29,30). The van der Waals surface area contributed by atoms with Crippen molar-refractivity contribution in [3.8, 4) is 17.1 Å². The molecule has 1 atom stereocenters. The van der Waals surface area contributed by atoms with Crippen LogP contribution in [-0.2, 0) is 0 Å². The Morgan fingerprint density at radius 2 is 2.06 bits per heavy atom. The van der Waals surface area contributed by atoms with Gasteiger partial charge in [0.05, 0.1) is 23.9 Å². The quantitative estimate of drug-likeness (QED) is 0.279. The number of nitrogens with zero attached hydrogens (tertiary/aromatic N) is 1. The highest BCUT2D eigenvalue weighted by atomic mass is 35.5. The molecule has 32 heavy (non-hydrogen) atoms. The van der Waals surface area contributed by atoms with E-state index in [-0.39, 0.29) is 23.0 Å². The predicted octanol–water partition coefficient (Wildman–Crippen LogP) is 4.10. The van der Waals surface area contributed by atoms with Crippen molar-refractivity contribution in [2.45, 2.75) is 18.9 Å². The van der Waals surface area contributed by atoms with Gasteiger partial charge in [-0.25, -0.2) is 9.78 Å². The van der Waals surface area contributed by atoms with E-state index in [1.807, 2.05) is 6.07 Å². The Hall–Kier alpha value is -3.72. The van der Waals surface area contributed by atoms with Gasteiger partial charge in [0.2, 0.25) is 5.89 Å². The van der Waals surface area contributed by atoms with Crippen molar-refractivity contribution in [1.82, 2.24) is 15.6 Å². The highest BCUT2D eigenvalue weighted by molar-refractivity contribution is 6.34.